The van der Waals surface area contributed by atoms with Crippen molar-refractivity contribution in [3.05, 3.63) is 54.1 Å². The van der Waals surface area contributed by atoms with Gasteiger partial charge in [0.25, 0.3) is 0 Å². The van der Waals surface area contributed by atoms with Crippen LogP contribution in [0.25, 0.3) is 0 Å². The lowest BCUT2D eigenvalue weighted by Gasteiger charge is -2.28. The van der Waals surface area contributed by atoms with E-state index in [4.69, 9.17) is 15.2 Å². The van der Waals surface area contributed by atoms with Crippen LogP contribution < -0.4 is 16.4 Å². The number of Topliss-reactive ketones (excluding diaryl/α,β-unsaturated/α-hetero) is 2. The van der Waals surface area contributed by atoms with Crippen molar-refractivity contribution in [2.24, 2.45) is 23.5 Å². The fourth-order valence-corrected chi connectivity index (χ4v) is 8.65. The summed E-state index contributed by atoms with van der Waals surface area (Å²) in [6.45, 7) is 8.38. The molecule has 1 unspecified atom stereocenters. The predicted octanol–water partition coefficient (Wildman–Crippen LogP) is 4.22. The number of carbonyl (C=O) groups is 6. The van der Waals surface area contributed by atoms with Crippen LogP contribution in [-0.2, 0) is 66.7 Å². The summed E-state index contributed by atoms with van der Waals surface area (Å²) >= 11 is 0. The molecule has 364 valence electrons. The van der Waals surface area contributed by atoms with Crippen LogP contribution in [0.5, 0.6) is 0 Å². The average molecular weight is 933 g/mol. The fourth-order valence-electron chi connectivity index (χ4n) is 8.07. The van der Waals surface area contributed by atoms with Crippen LogP contribution >= 0.6 is 7.82 Å². The number of nitrogens with two attached hydrogens (primary N) is 1. The monoisotopic (exact) mass is 933 g/mol. The number of nitrogens with one attached hydrogen (secondary N) is 2. The van der Waals surface area contributed by atoms with Gasteiger partial charge in [-0.1, -0.05) is 69.9 Å². The van der Waals surface area contributed by atoms with Gasteiger partial charge in [-0.2, -0.15) is 0 Å². The van der Waals surface area contributed by atoms with Gasteiger partial charge in [-0.05, 0) is 63.9 Å². The molecule has 0 radical (unpaired) electrons. The Balaban J connectivity index is 1.74. The van der Waals surface area contributed by atoms with E-state index in [0.29, 0.717) is 44.8 Å². The number of primary amides is 1. The Bertz CT molecular complexity index is 1860. The summed E-state index contributed by atoms with van der Waals surface area (Å²) in [5.41, 5.74) is 7.51. The first-order chi connectivity index (χ1) is 30.9. The number of likely N-dealkylation sites (tertiary alicyclic amines) is 1. The molecule has 3 rings (SSSR count). The summed E-state index contributed by atoms with van der Waals surface area (Å²) in [4.78, 5) is 105. The number of carbonyl (C=O) groups excluding carboxylic acids is 6. The Morgan fingerprint density at radius 2 is 1.60 bits per heavy atom. The zero-order valence-electron chi connectivity index (χ0n) is 38.9. The molecular formula is C46H73N6O12P. The molecule has 65 heavy (non-hydrogen) atoms. The zero-order valence-corrected chi connectivity index (χ0v) is 39.8. The van der Waals surface area contributed by atoms with Crippen molar-refractivity contribution in [3.8, 4) is 0 Å². The van der Waals surface area contributed by atoms with Gasteiger partial charge in [-0.15, -0.1) is 0 Å². The van der Waals surface area contributed by atoms with Gasteiger partial charge in [-0.3, -0.25) is 33.3 Å². The number of ketones is 2. The smallest absolute Gasteiger partial charge is 0.382 e. The molecule has 4 amide bonds. The van der Waals surface area contributed by atoms with E-state index < -0.39 is 79.6 Å². The quantitative estimate of drug-likeness (QED) is 0.0497. The highest BCUT2D eigenvalue weighted by atomic mass is 31.2. The first-order valence-electron chi connectivity index (χ1n) is 23.0. The molecule has 2 aromatic rings. The van der Waals surface area contributed by atoms with Crippen LogP contribution in [0.15, 0.2) is 42.9 Å². The lowest BCUT2D eigenvalue weighted by molar-refractivity contribution is -0.140. The molecule has 0 bridgehead atoms. The highest BCUT2D eigenvalue weighted by molar-refractivity contribution is 7.46. The number of rotatable bonds is 33. The number of aromatic nitrogens is 2. The maximum atomic E-state index is 14.3. The lowest BCUT2D eigenvalue weighted by atomic mass is 9.89. The largest absolute Gasteiger partial charge is 0.469 e. The number of ether oxygens (including phenoxy) is 2. The molecule has 0 aliphatic carbocycles. The topological polar surface area (TPSA) is 259 Å². The maximum absolute atomic E-state index is 14.3. The summed E-state index contributed by atoms with van der Waals surface area (Å²) in [6, 6.07) is 7.49. The normalized spacial score (nSPS) is 16.4. The molecule has 0 spiro atoms. The second kappa shape index (κ2) is 28.7. The number of nitrogens with zero attached hydrogens (tertiary/aromatic N) is 3. The summed E-state index contributed by atoms with van der Waals surface area (Å²) in [5, 5.41) is 5.59. The van der Waals surface area contributed by atoms with Crippen molar-refractivity contribution in [1.82, 2.24) is 25.1 Å². The van der Waals surface area contributed by atoms with Gasteiger partial charge in [0, 0.05) is 51.4 Å². The highest BCUT2D eigenvalue weighted by Gasteiger charge is 2.38. The van der Waals surface area contributed by atoms with E-state index in [-0.39, 0.29) is 44.1 Å². The summed E-state index contributed by atoms with van der Waals surface area (Å²) < 4.78 is 28.5. The number of methoxy groups -OCH3 is 1. The summed E-state index contributed by atoms with van der Waals surface area (Å²) in [7, 11) is -3.46. The molecule has 19 heteroatoms. The molecule has 6 N–H and O–H groups in total. The number of phosphoric acid groups is 1. The SMILES string of the molecule is COCCOCCC(=O)N1CCCC1C(=O)N[C@@H](CC(C)C)C(=O)C[C@@H](Cc1cncn1CCCCCCCCc1ccccc1)C(=O)N[C@@H](C)C(=O)C[C@H](C(N)=O)[C@@H](C)OP(=O)(O)O. The Hall–Kier alpha value is -4.32. The third-order valence-electron chi connectivity index (χ3n) is 11.7. The van der Waals surface area contributed by atoms with Crippen molar-refractivity contribution >= 4 is 43.0 Å². The van der Waals surface area contributed by atoms with Crippen molar-refractivity contribution < 1.29 is 57.1 Å². The minimum Gasteiger partial charge on any atom is -0.382 e. The molecule has 1 aromatic heterocycles. The third kappa shape index (κ3) is 20.4. The standard InChI is InChI=1S/C46H73N6O12P/c1-32(2)26-39(50-46(58)40-19-15-22-52(40)43(55)20-23-63-25-24-62-5)42(54)28-36(45(57)49-33(3)41(53)29-38(44(47)56)34(4)64-65(59,60)61)27-37-30-48-31-51(37)21-14-9-7-6-8-11-16-35-17-12-10-13-18-35/h10,12-13,17-18,30-34,36,38-40H,6-9,11,14-16,19-29H2,1-5H3,(H2,47,56)(H,49,57)(H,50,58)(H2,59,60,61)/t33-,34+,36+,38-,39-,40?/m0/s1. The minimum atomic E-state index is -5.02. The van der Waals surface area contributed by atoms with Crippen LogP contribution in [-0.4, -0.2) is 117 Å². The van der Waals surface area contributed by atoms with E-state index in [2.05, 4.69) is 44.4 Å². The number of benzene rings is 1. The fraction of sp³-hybridized carbons (Fsp3) is 0.674. The van der Waals surface area contributed by atoms with E-state index >= 15 is 0 Å². The second-order valence-electron chi connectivity index (χ2n) is 17.5. The molecule has 1 aliphatic heterocycles. The van der Waals surface area contributed by atoms with E-state index in [1.165, 1.54) is 24.3 Å². The Labute approximate surface area is 383 Å². The van der Waals surface area contributed by atoms with Crippen molar-refractivity contribution in [3.63, 3.8) is 0 Å². The van der Waals surface area contributed by atoms with Gasteiger partial charge in [0.05, 0.1) is 62.6 Å². The molecule has 1 fully saturated rings. The van der Waals surface area contributed by atoms with E-state index in [9.17, 15) is 43.1 Å². The Morgan fingerprint density at radius 3 is 2.26 bits per heavy atom. The third-order valence-corrected chi connectivity index (χ3v) is 12.3. The van der Waals surface area contributed by atoms with Crippen molar-refractivity contribution in [1.29, 1.82) is 0 Å². The van der Waals surface area contributed by atoms with Crippen LogP contribution in [0, 0.1) is 17.8 Å². The number of imidazole rings is 1. The number of aryl methyl sites for hydroxylation is 2. The molecular weight excluding hydrogens is 860 g/mol. The number of amides is 4. The molecule has 1 aliphatic rings. The van der Waals surface area contributed by atoms with E-state index in [1.54, 1.807) is 19.6 Å². The van der Waals surface area contributed by atoms with Crippen molar-refractivity contribution in [2.75, 3.05) is 33.5 Å². The summed E-state index contributed by atoms with van der Waals surface area (Å²) in [6.07, 6.45) is 9.92. The Morgan fingerprint density at radius 1 is 0.908 bits per heavy atom. The molecule has 1 aromatic carbocycles. The molecule has 6 atom stereocenters. The Kier molecular flexibility index (Phi) is 24.3. The van der Waals surface area contributed by atoms with Gasteiger partial charge < -0.3 is 45.1 Å². The number of hydrogen-bond donors (Lipinski definition) is 5. The first kappa shape index (κ1) is 55.0. The number of phosphoric ester groups is 1. The average Bonchev–Trinajstić information content (AvgIpc) is 3.92. The van der Waals surface area contributed by atoms with Crippen LogP contribution in [0.3, 0.4) is 0 Å². The van der Waals surface area contributed by atoms with Gasteiger partial charge in [0.1, 0.15) is 6.04 Å². The van der Waals surface area contributed by atoms with Gasteiger partial charge in [0.2, 0.25) is 23.6 Å². The highest BCUT2D eigenvalue weighted by Crippen LogP contribution is 2.39. The molecule has 18 nitrogen and oxygen atoms in total. The summed E-state index contributed by atoms with van der Waals surface area (Å²) in [5.74, 6) is -5.84. The number of hydrogen-bond acceptors (Lipinski definition) is 11. The first-order valence-corrected chi connectivity index (χ1v) is 24.5. The van der Waals surface area contributed by atoms with Gasteiger partial charge in [-0.25, -0.2) is 9.55 Å². The second-order valence-corrected chi connectivity index (χ2v) is 18.7. The predicted molar refractivity (Wildman–Crippen MR) is 243 cm³/mol. The van der Waals surface area contributed by atoms with E-state index in [1.807, 2.05) is 24.5 Å². The minimum absolute atomic E-state index is 0.0276. The molecule has 2 heterocycles. The maximum Gasteiger partial charge on any atom is 0.469 e. The van der Waals surface area contributed by atoms with Crippen molar-refractivity contribution in [2.45, 2.75) is 148 Å². The molecule has 0 saturated carbocycles. The molecule has 1 saturated heterocycles. The van der Waals surface area contributed by atoms with Crippen LogP contribution in [0.4, 0.5) is 0 Å². The lowest BCUT2D eigenvalue weighted by Crippen LogP contribution is -2.52. The van der Waals surface area contributed by atoms with Crippen LogP contribution in [0.1, 0.15) is 116 Å². The zero-order chi connectivity index (χ0) is 47.9. The van der Waals surface area contributed by atoms with Gasteiger partial charge in [0.15, 0.2) is 11.6 Å². The number of unbranched alkanes of at least 4 members (excludes halogenated alkanes) is 5. The van der Waals surface area contributed by atoms with E-state index in [0.717, 1.165) is 44.9 Å². The van der Waals surface area contributed by atoms with Crippen LogP contribution in [0.2, 0.25) is 0 Å². The van der Waals surface area contributed by atoms with Gasteiger partial charge >= 0.3 is 7.82 Å².